The van der Waals surface area contributed by atoms with Gasteiger partial charge in [-0.1, -0.05) is 18.9 Å². The van der Waals surface area contributed by atoms with E-state index in [2.05, 4.69) is 33.0 Å². The molecular weight excluding hydrogens is 318 g/mol. The number of carbonyl (C=O) groups is 1. The lowest BCUT2D eigenvalue weighted by Gasteiger charge is -2.38. The minimum Gasteiger partial charge on any atom is -0.354 e. The quantitative estimate of drug-likeness (QED) is 0.861. The van der Waals surface area contributed by atoms with Gasteiger partial charge < -0.3 is 10.6 Å². The summed E-state index contributed by atoms with van der Waals surface area (Å²) in [6.45, 7) is 4.97. The fourth-order valence-corrected chi connectivity index (χ4v) is 5.86. The molecule has 0 bridgehead atoms. The number of nitrogens with zero attached hydrogens (tertiary/aromatic N) is 1. The van der Waals surface area contributed by atoms with Crippen molar-refractivity contribution in [1.29, 1.82) is 0 Å². The van der Waals surface area contributed by atoms with Gasteiger partial charge in [0.25, 0.3) is 0 Å². The number of hydrogen-bond donors (Lipinski definition) is 2. The second-order valence-corrected chi connectivity index (χ2v) is 8.69. The monoisotopic (exact) mass is 347 g/mol. The predicted molar refractivity (Wildman–Crippen MR) is 98.1 cm³/mol. The molecule has 3 aliphatic rings. The third-order valence-electron chi connectivity index (χ3n) is 6.40. The van der Waals surface area contributed by atoms with E-state index in [1.807, 2.05) is 11.3 Å². The number of hydrogen-bond acceptors (Lipinski definition) is 4. The summed E-state index contributed by atoms with van der Waals surface area (Å²) in [4.78, 5) is 17.1. The average Bonchev–Trinajstić information content (AvgIpc) is 3.36. The van der Waals surface area contributed by atoms with Gasteiger partial charge in [-0.05, 0) is 62.7 Å². The van der Waals surface area contributed by atoms with E-state index in [4.69, 9.17) is 0 Å². The first-order valence-corrected chi connectivity index (χ1v) is 10.4. The first-order chi connectivity index (χ1) is 11.8. The normalized spacial score (nSPS) is 31.8. The summed E-state index contributed by atoms with van der Waals surface area (Å²) in [7, 11) is 0. The van der Waals surface area contributed by atoms with Gasteiger partial charge in [0.1, 0.15) is 0 Å². The largest absolute Gasteiger partial charge is 0.354 e. The molecule has 0 radical (unpaired) electrons. The predicted octanol–water partition coefficient (Wildman–Crippen LogP) is 2.78. The Morgan fingerprint density at radius 2 is 2.25 bits per heavy atom. The van der Waals surface area contributed by atoms with Gasteiger partial charge in [0.15, 0.2) is 0 Å². The first-order valence-electron chi connectivity index (χ1n) is 9.56. The summed E-state index contributed by atoms with van der Waals surface area (Å²) in [5.74, 6) is 0.844. The van der Waals surface area contributed by atoms with Crippen LogP contribution in [-0.4, -0.2) is 43.5 Å². The van der Waals surface area contributed by atoms with Crippen LogP contribution < -0.4 is 10.6 Å². The van der Waals surface area contributed by atoms with E-state index in [0.717, 1.165) is 39.1 Å². The van der Waals surface area contributed by atoms with Crippen molar-refractivity contribution in [1.82, 2.24) is 15.5 Å². The highest BCUT2D eigenvalue weighted by molar-refractivity contribution is 7.10. The van der Waals surface area contributed by atoms with Gasteiger partial charge in [-0.15, -0.1) is 11.3 Å². The average molecular weight is 348 g/mol. The summed E-state index contributed by atoms with van der Waals surface area (Å²) >= 11 is 1.82. The van der Waals surface area contributed by atoms with E-state index >= 15 is 0 Å². The van der Waals surface area contributed by atoms with E-state index in [1.165, 1.54) is 37.0 Å². The van der Waals surface area contributed by atoms with Crippen LogP contribution in [0.5, 0.6) is 0 Å². The summed E-state index contributed by atoms with van der Waals surface area (Å²) in [5.41, 5.74) is -0.136. The first kappa shape index (κ1) is 16.6. The minimum atomic E-state index is -0.136. The van der Waals surface area contributed by atoms with Gasteiger partial charge in [-0.3, -0.25) is 9.69 Å². The molecule has 1 unspecified atom stereocenters. The maximum absolute atomic E-state index is 13.1. The van der Waals surface area contributed by atoms with Crippen LogP contribution >= 0.6 is 11.3 Å². The molecule has 1 aliphatic carbocycles. The van der Waals surface area contributed by atoms with Gasteiger partial charge in [0.2, 0.25) is 5.91 Å². The highest BCUT2D eigenvalue weighted by atomic mass is 32.1. The second-order valence-electron chi connectivity index (χ2n) is 7.71. The molecule has 24 heavy (non-hydrogen) atoms. The van der Waals surface area contributed by atoms with Crippen molar-refractivity contribution in [3.8, 4) is 0 Å². The van der Waals surface area contributed by atoms with Crippen molar-refractivity contribution < 1.29 is 4.79 Å². The Kier molecular flexibility index (Phi) is 4.93. The Hall–Kier alpha value is -0.910. The van der Waals surface area contributed by atoms with Crippen LogP contribution in [0.1, 0.15) is 49.4 Å². The number of fused-ring (bicyclic) bond motifs is 1. The van der Waals surface area contributed by atoms with Crippen LogP contribution in [0.3, 0.4) is 0 Å². The molecule has 4 nitrogen and oxygen atoms in total. The molecule has 4 rings (SSSR count). The highest BCUT2D eigenvalue weighted by Crippen LogP contribution is 2.44. The van der Waals surface area contributed by atoms with Crippen LogP contribution in [0.4, 0.5) is 0 Å². The summed E-state index contributed by atoms with van der Waals surface area (Å²) < 4.78 is 0. The Labute approximate surface area is 149 Å². The minimum absolute atomic E-state index is 0.136. The summed E-state index contributed by atoms with van der Waals surface area (Å²) in [6, 6.07) is 4.70. The zero-order valence-electron chi connectivity index (χ0n) is 14.4. The fraction of sp³-hybridized carbons (Fsp3) is 0.737. The van der Waals surface area contributed by atoms with Gasteiger partial charge in [-0.25, -0.2) is 0 Å². The smallest absolute Gasteiger partial charge is 0.227 e. The number of nitrogens with one attached hydrogen (secondary N) is 2. The number of likely N-dealkylation sites (tertiary alicyclic amines) is 1. The van der Waals surface area contributed by atoms with Crippen molar-refractivity contribution in [2.45, 2.75) is 44.6 Å². The Morgan fingerprint density at radius 1 is 1.38 bits per heavy atom. The zero-order valence-corrected chi connectivity index (χ0v) is 15.2. The van der Waals surface area contributed by atoms with Crippen LogP contribution in [0, 0.1) is 11.3 Å². The van der Waals surface area contributed by atoms with Crippen molar-refractivity contribution >= 4 is 17.2 Å². The van der Waals surface area contributed by atoms with Crippen LogP contribution in [0.25, 0.3) is 0 Å². The number of carbonyl (C=O) groups excluding carboxylic acids is 1. The van der Waals surface area contributed by atoms with Gasteiger partial charge in [0.05, 0.1) is 11.5 Å². The maximum atomic E-state index is 13.1. The van der Waals surface area contributed by atoms with Gasteiger partial charge in [-0.2, -0.15) is 0 Å². The highest BCUT2D eigenvalue weighted by Gasteiger charge is 2.49. The molecule has 0 aromatic carbocycles. The molecule has 5 heteroatoms. The molecule has 1 saturated carbocycles. The number of rotatable bonds is 5. The lowest BCUT2D eigenvalue weighted by Crippen LogP contribution is -2.49. The molecule has 132 valence electrons. The molecule has 3 fully saturated rings. The molecule has 2 aliphatic heterocycles. The van der Waals surface area contributed by atoms with E-state index < -0.39 is 0 Å². The number of amides is 1. The molecule has 0 spiro atoms. The second kappa shape index (κ2) is 7.14. The van der Waals surface area contributed by atoms with Crippen LogP contribution in [0.15, 0.2) is 17.5 Å². The summed E-state index contributed by atoms with van der Waals surface area (Å²) in [5, 5.41) is 9.00. The van der Waals surface area contributed by atoms with E-state index in [1.54, 1.807) is 0 Å². The van der Waals surface area contributed by atoms with Gasteiger partial charge >= 0.3 is 0 Å². The lowest BCUT2D eigenvalue weighted by molar-refractivity contribution is -0.134. The molecule has 1 aromatic rings. The van der Waals surface area contributed by atoms with Crippen LogP contribution in [0.2, 0.25) is 0 Å². The molecule has 2 N–H and O–H groups in total. The Bertz CT molecular complexity index is 555. The standard InChI is InChI=1S/C19H29N3OS/c23-18(19-8-2-1-6-15(19)12-20-14-19)21-13-16(17-7-5-11-24-17)22-9-3-4-10-22/h5,7,11,15-16,20H,1-4,6,8-10,12-14H2,(H,21,23)/t15-,16?,19+/m0/s1. The van der Waals surface area contributed by atoms with Crippen molar-refractivity contribution in [2.75, 3.05) is 32.7 Å². The molecule has 1 aromatic heterocycles. The SMILES string of the molecule is O=C(NCC(c1cccs1)N1CCCC1)[C@@]12CCCC[C@H]1CNC2. The van der Waals surface area contributed by atoms with E-state index in [9.17, 15) is 4.79 Å². The third-order valence-corrected chi connectivity index (χ3v) is 7.37. The lowest BCUT2D eigenvalue weighted by atomic mass is 9.67. The number of thiophene rings is 1. The van der Waals surface area contributed by atoms with Crippen molar-refractivity contribution in [3.63, 3.8) is 0 Å². The maximum Gasteiger partial charge on any atom is 0.227 e. The third kappa shape index (κ3) is 3.02. The molecule has 3 atom stereocenters. The van der Waals surface area contributed by atoms with Crippen molar-refractivity contribution in [3.05, 3.63) is 22.4 Å². The Balaban J connectivity index is 1.44. The van der Waals surface area contributed by atoms with E-state index in [-0.39, 0.29) is 5.41 Å². The fourth-order valence-electron chi connectivity index (χ4n) is 5.00. The molecular formula is C19H29N3OS. The molecule has 2 saturated heterocycles. The van der Waals surface area contributed by atoms with Crippen LogP contribution in [-0.2, 0) is 4.79 Å². The van der Waals surface area contributed by atoms with Crippen molar-refractivity contribution in [2.24, 2.45) is 11.3 Å². The molecule has 3 heterocycles. The zero-order chi connectivity index (χ0) is 16.4. The van der Waals surface area contributed by atoms with E-state index in [0.29, 0.717) is 17.9 Å². The van der Waals surface area contributed by atoms with Gasteiger partial charge in [0, 0.05) is 18.0 Å². The Morgan fingerprint density at radius 3 is 3.04 bits per heavy atom. The topological polar surface area (TPSA) is 44.4 Å². The molecule has 1 amide bonds. The summed E-state index contributed by atoms with van der Waals surface area (Å²) in [6.07, 6.45) is 7.32.